The van der Waals surface area contributed by atoms with E-state index in [1.807, 2.05) is 6.07 Å². The quantitative estimate of drug-likeness (QED) is 0.480. The third-order valence-electron chi connectivity index (χ3n) is 4.40. The predicted octanol–water partition coefficient (Wildman–Crippen LogP) is 0.553. The number of nitrogen functional groups attached to an aromatic ring is 1. The number of amides is 1. The normalized spacial score (nSPS) is 24.4. The van der Waals surface area contributed by atoms with E-state index in [-0.39, 0.29) is 5.91 Å². The van der Waals surface area contributed by atoms with Crippen molar-refractivity contribution in [3.63, 3.8) is 0 Å². The fourth-order valence-electron chi connectivity index (χ4n) is 3.33. The molecule has 1 unspecified atom stereocenters. The molecule has 1 amide bonds. The number of hydrazine groups is 1. The molecule has 1 aromatic rings. The summed E-state index contributed by atoms with van der Waals surface area (Å²) >= 11 is 0. The summed E-state index contributed by atoms with van der Waals surface area (Å²) in [5.41, 5.74) is 3.04. The fraction of sp³-hybridized carbons (Fsp3) is 0.643. The zero-order chi connectivity index (χ0) is 13.9. The molecule has 3 rings (SSSR count). The Morgan fingerprint density at radius 2 is 2.30 bits per heavy atom. The number of hydrogen-bond acceptors (Lipinski definition) is 5. The van der Waals surface area contributed by atoms with Gasteiger partial charge < -0.3 is 4.42 Å². The minimum atomic E-state index is -0.360. The summed E-state index contributed by atoms with van der Waals surface area (Å²) in [6.45, 7) is 5.25. The maximum Gasteiger partial charge on any atom is 0.301 e. The molecular weight excluding hydrogens is 256 g/mol. The lowest BCUT2D eigenvalue weighted by atomic mass is 9.99. The van der Waals surface area contributed by atoms with Gasteiger partial charge in [0, 0.05) is 37.8 Å². The van der Waals surface area contributed by atoms with Gasteiger partial charge in [-0.15, -0.1) is 0 Å². The lowest BCUT2D eigenvalue weighted by Crippen LogP contribution is -2.54. The molecule has 2 aliphatic rings. The molecule has 2 fully saturated rings. The SMILES string of the molecule is NNC(=O)c1occc1CN1CCN2CCCCC2C1. The van der Waals surface area contributed by atoms with E-state index in [0.29, 0.717) is 11.8 Å². The maximum absolute atomic E-state index is 11.6. The first kappa shape index (κ1) is 13.6. The Balaban J connectivity index is 1.64. The van der Waals surface area contributed by atoms with Crippen molar-refractivity contribution in [2.75, 3.05) is 26.2 Å². The van der Waals surface area contributed by atoms with Crippen LogP contribution in [0.25, 0.3) is 0 Å². The molecule has 6 nitrogen and oxygen atoms in total. The fourth-order valence-corrected chi connectivity index (χ4v) is 3.33. The van der Waals surface area contributed by atoms with Crippen LogP contribution in [0.4, 0.5) is 0 Å². The number of rotatable bonds is 3. The number of nitrogens with two attached hydrogens (primary N) is 1. The van der Waals surface area contributed by atoms with E-state index >= 15 is 0 Å². The Morgan fingerprint density at radius 3 is 3.15 bits per heavy atom. The molecule has 3 heterocycles. The summed E-state index contributed by atoms with van der Waals surface area (Å²) in [6, 6.07) is 2.54. The van der Waals surface area contributed by atoms with E-state index in [9.17, 15) is 4.79 Å². The van der Waals surface area contributed by atoms with Gasteiger partial charge in [-0.3, -0.25) is 20.0 Å². The summed E-state index contributed by atoms with van der Waals surface area (Å²) in [5, 5.41) is 0. The van der Waals surface area contributed by atoms with Crippen molar-refractivity contribution in [1.29, 1.82) is 0 Å². The van der Waals surface area contributed by atoms with Gasteiger partial charge in [-0.25, -0.2) is 5.84 Å². The van der Waals surface area contributed by atoms with Crippen LogP contribution in [0.1, 0.15) is 35.4 Å². The Bertz CT molecular complexity index is 473. The maximum atomic E-state index is 11.6. The summed E-state index contributed by atoms with van der Waals surface area (Å²) in [4.78, 5) is 16.6. The highest BCUT2D eigenvalue weighted by Gasteiger charge is 2.29. The van der Waals surface area contributed by atoms with Crippen molar-refractivity contribution in [3.05, 3.63) is 23.7 Å². The minimum absolute atomic E-state index is 0.332. The Hall–Kier alpha value is -1.37. The number of piperidine rings is 1. The highest BCUT2D eigenvalue weighted by molar-refractivity contribution is 5.92. The molecule has 2 saturated heterocycles. The van der Waals surface area contributed by atoms with Crippen LogP contribution in [0.5, 0.6) is 0 Å². The predicted molar refractivity (Wildman–Crippen MR) is 74.9 cm³/mol. The summed E-state index contributed by atoms with van der Waals surface area (Å²) in [6.07, 6.45) is 5.51. The van der Waals surface area contributed by atoms with Crippen LogP contribution in [-0.4, -0.2) is 47.9 Å². The molecule has 3 N–H and O–H groups in total. The lowest BCUT2D eigenvalue weighted by Gasteiger charge is -2.44. The van der Waals surface area contributed by atoms with E-state index in [4.69, 9.17) is 10.3 Å². The molecule has 0 radical (unpaired) electrons. The van der Waals surface area contributed by atoms with Crippen LogP contribution < -0.4 is 11.3 Å². The van der Waals surface area contributed by atoms with Crippen molar-refractivity contribution in [1.82, 2.24) is 15.2 Å². The van der Waals surface area contributed by atoms with Crippen LogP contribution >= 0.6 is 0 Å². The molecule has 2 aliphatic heterocycles. The molecule has 1 atom stereocenters. The zero-order valence-corrected chi connectivity index (χ0v) is 11.7. The number of furan rings is 1. The van der Waals surface area contributed by atoms with Gasteiger partial charge in [-0.1, -0.05) is 6.42 Å². The van der Waals surface area contributed by atoms with Crippen molar-refractivity contribution in [3.8, 4) is 0 Å². The molecule has 0 aliphatic carbocycles. The van der Waals surface area contributed by atoms with Crippen molar-refractivity contribution < 1.29 is 9.21 Å². The molecule has 1 aromatic heterocycles. The average Bonchev–Trinajstić information content (AvgIpc) is 2.94. The molecule has 0 aromatic carbocycles. The number of carbonyl (C=O) groups excluding carboxylic acids is 1. The molecule has 0 bridgehead atoms. The number of piperazine rings is 1. The Labute approximate surface area is 118 Å². The minimum Gasteiger partial charge on any atom is -0.459 e. The standard InChI is InChI=1S/C14H22N4O2/c15-16-14(19)13-11(4-8-20-13)9-17-6-7-18-5-2-1-3-12(18)10-17/h4,8,12H,1-3,5-7,9-10,15H2,(H,16,19). The number of nitrogens with one attached hydrogen (secondary N) is 1. The van der Waals surface area contributed by atoms with Gasteiger partial charge in [-0.2, -0.15) is 0 Å². The summed E-state index contributed by atoms with van der Waals surface area (Å²) in [7, 11) is 0. The monoisotopic (exact) mass is 278 g/mol. The van der Waals surface area contributed by atoms with Crippen molar-refractivity contribution in [2.45, 2.75) is 31.8 Å². The lowest BCUT2D eigenvalue weighted by molar-refractivity contribution is 0.0453. The van der Waals surface area contributed by atoms with E-state index < -0.39 is 0 Å². The van der Waals surface area contributed by atoms with Gasteiger partial charge in [0.25, 0.3) is 0 Å². The molecular formula is C14H22N4O2. The highest BCUT2D eigenvalue weighted by Crippen LogP contribution is 2.23. The number of hydrogen-bond donors (Lipinski definition) is 2. The van der Waals surface area contributed by atoms with Gasteiger partial charge in [0.15, 0.2) is 5.76 Å². The topological polar surface area (TPSA) is 74.7 Å². The Kier molecular flexibility index (Phi) is 4.05. The van der Waals surface area contributed by atoms with E-state index in [2.05, 4.69) is 15.2 Å². The van der Waals surface area contributed by atoms with E-state index in [1.54, 1.807) is 6.26 Å². The van der Waals surface area contributed by atoms with Crippen LogP contribution in [0, 0.1) is 0 Å². The van der Waals surface area contributed by atoms with Crippen molar-refractivity contribution in [2.24, 2.45) is 5.84 Å². The molecule has 110 valence electrons. The van der Waals surface area contributed by atoms with Crippen LogP contribution in [0.15, 0.2) is 16.7 Å². The smallest absolute Gasteiger partial charge is 0.301 e. The zero-order valence-electron chi connectivity index (χ0n) is 11.7. The third kappa shape index (κ3) is 2.72. The summed E-state index contributed by atoms with van der Waals surface area (Å²) < 4.78 is 5.24. The molecule has 0 spiro atoms. The molecule has 20 heavy (non-hydrogen) atoms. The van der Waals surface area contributed by atoms with Gasteiger partial charge in [0.2, 0.25) is 0 Å². The Morgan fingerprint density at radius 1 is 1.40 bits per heavy atom. The first-order chi connectivity index (χ1) is 9.78. The first-order valence-corrected chi connectivity index (χ1v) is 7.31. The third-order valence-corrected chi connectivity index (χ3v) is 4.40. The second kappa shape index (κ2) is 5.95. The largest absolute Gasteiger partial charge is 0.459 e. The van der Waals surface area contributed by atoms with Gasteiger partial charge in [0.1, 0.15) is 0 Å². The highest BCUT2D eigenvalue weighted by atomic mass is 16.3. The van der Waals surface area contributed by atoms with Crippen LogP contribution in [-0.2, 0) is 6.54 Å². The number of fused-ring (bicyclic) bond motifs is 1. The van der Waals surface area contributed by atoms with Crippen LogP contribution in [0.3, 0.4) is 0 Å². The second-order valence-electron chi connectivity index (χ2n) is 5.67. The van der Waals surface area contributed by atoms with E-state index in [1.165, 1.54) is 25.8 Å². The first-order valence-electron chi connectivity index (χ1n) is 7.31. The van der Waals surface area contributed by atoms with Gasteiger partial charge >= 0.3 is 5.91 Å². The van der Waals surface area contributed by atoms with Crippen LogP contribution in [0.2, 0.25) is 0 Å². The number of nitrogens with zero attached hydrogens (tertiary/aromatic N) is 2. The van der Waals surface area contributed by atoms with Gasteiger partial charge in [0.05, 0.1) is 6.26 Å². The van der Waals surface area contributed by atoms with Crippen molar-refractivity contribution >= 4 is 5.91 Å². The average molecular weight is 278 g/mol. The second-order valence-corrected chi connectivity index (χ2v) is 5.67. The number of carbonyl (C=O) groups is 1. The van der Waals surface area contributed by atoms with Gasteiger partial charge in [-0.05, 0) is 25.5 Å². The molecule has 0 saturated carbocycles. The molecule has 6 heteroatoms. The summed E-state index contributed by atoms with van der Waals surface area (Å²) in [5.74, 6) is 5.14. The van der Waals surface area contributed by atoms with E-state index in [0.717, 1.165) is 31.7 Å².